The number of benzene rings is 1. The summed E-state index contributed by atoms with van der Waals surface area (Å²) >= 11 is 1.70. The number of hydrogen-bond acceptors (Lipinski definition) is 7. The van der Waals surface area contributed by atoms with E-state index in [9.17, 15) is 0 Å². The smallest absolute Gasteiger partial charge is 0.224 e. The number of rotatable bonds is 5. The van der Waals surface area contributed by atoms with Crippen LogP contribution in [0.25, 0.3) is 20.8 Å². The van der Waals surface area contributed by atoms with E-state index in [1.807, 2.05) is 19.1 Å². The highest BCUT2D eigenvalue weighted by Gasteiger charge is 2.23. The third-order valence-electron chi connectivity index (χ3n) is 4.42. The maximum Gasteiger partial charge on any atom is 0.224 e. The molecule has 26 heavy (non-hydrogen) atoms. The van der Waals surface area contributed by atoms with E-state index in [0.717, 1.165) is 66.9 Å². The largest absolute Gasteiger partial charge is 0.378 e. The molecule has 0 aliphatic carbocycles. The Hall–Kier alpha value is -2.25. The van der Waals surface area contributed by atoms with Crippen LogP contribution in [0, 0.1) is 6.92 Å². The van der Waals surface area contributed by atoms with Crippen molar-refractivity contribution < 1.29 is 4.74 Å². The summed E-state index contributed by atoms with van der Waals surface area (Å²) in [4.78, 5) is 16.7. The maximum absolute atomic E-state index is 5.53. The number of anilines is 2. The predicted molar refractivity (Wildman–Crippen MR) is 107 cm³/mol. The predicted octanol–water partition coefficient (Wildman–Crippen LogP) is 3.72. The van der Waals surface area contributed by atoms with Crippen LogP contribution in [0.3, 0.4) is 0 Å². The van der Waals surface area contributed by atoms with Crippen LogP contribution in [0.5, 0.6) is 0 Å². The Morgan fingerprint density at radius 1 is 1.15 bits per heavy atom. The van der Waals surface area contributed by atoms with Gasteiger partial charge >= 0.3 is 0 Å². The highest BCUT2D eigenvalue weighted by molar-refractivity contribution is 7.21. The standard InChI is InChI=1S/C19H23N5OS/c1-3-8-20-19-21-13(2)16(17(23-19)24-9-11-25-12-10-24)18-22-14-6-4-5-7-15(14)26-18/h4-7H,3,8-12H2,1-2H3,(H,20,21,23). The Morgan fingerprint density at radius 2 is 1.96 bits per heavy atom. The molecule has 0 unspecified atom stereocenters. The van der Waals surface area contributed by atoms with E-state index in [-0.39, 0.29) is 0 Å². The summed E-state index contributed by atoms with van der Waals surface area (Å²) in [6.45, 7) is 8.16. The lowest BCUT2D eigenvalue weighted by Gasteiger charge is -2.29. The Kier molecular flexibility index (Phi) is 4.99. The molecule has 4 rings (SSSR count). The van der Waals surface area contributed by atoms with Gasteiger partial charge in [-0.25, -0.2) is 9.97 Å². The van der Waals surface area contributed by atoms with Gasteiger partial charge in [0.05, 0.1) is 34.7 Å². The topological polar surface area (TPSA) is 63.2 Å². The molecule has 1 aliphatic heterocycles. The van der Waals surface area contributed by atoms with Gasteiger partial charge in [-0.3, -0.25) is 0 Å². The summed E-state index contributed by atoms with van der Waals surface area (Å²) in [5.74, 6) is 1.65. The van der Waals surface area contributed by atoms with Crippen LogP contribution in [-0.4, -0.2) is 47.8 Å². The van der Waals surface area contributed by atoms with Crippen LogP contribution in [0.1, 0.15) is 19.0 Å². The Morgan fingerprint density at radius 3 is 2.73 bits per heavy atom. The Balaban J connectivity index is 1.83. The van der Waals surface area contributed by atoms with E-state index in [2.05, 4.69) is 29.3 Å². The lowest BCUT2D eigenvalue weighted by atomic mass is 10.2. The van der Waals surface area contributed by atoms with Crippen molar-refractivity contribution in [2.24, 2.45) is 0 Å². The molecule has 0 atom stereocenters. The molecule has 1 fully saturated rings. The SMILES string of the molecule is CCCNc1nc(C)c(-c2nc3ccccc3s2)c(N2CCOCC2)n1. The van der Waals surface area contributed by atoms with Gasteiger partial charge in [0.1, 0.15) is 10.8 Å². The number of para-hydroxylation sites is 1. The summed E-state index contributed by atoms with van der Waals surface area (Å²) in [7, 11) is 0. The summed E-state index contributed by atoms with van der Waals surface area (Å²) in [6, 6.07) is 8.24. The number of nitrogens with zero attached hydrogens (tertiary/aromatic N) is 4. The second-order valence-corrected chi connectivity index (χ2v) is 7.37. The minimum Gasteiger partial charge on any atom is -0.378 e. The van der Waals surface area contributed by atoms with E-state index < -0.39 is 0 Å². The van der Waals surface area contributed by atoms with Gasteiger partial charge in [0.2, 0.25) is 5.95 Å². The molecule has 3 aromatic rings. The van der Waals surface area contributed by atoms with Crippen molar-refractivity contribution >= 4 is 33.3 Å². The summed E-state index contributed by atoms with van der Waals surface area (Å²) in [5.41, 5.74) is 3.02. The molecule has 1 aliphatic rings. The van der Waals surface area contributed by atoms with Crippen LogP contribution in [-0.2, 0) is 4.74 Å². The normalized spacial score (nSPS) is 14.8. The van der Waals surface area contributed by atoms with E-state index >= 15 is 0 Å². The molecule has 0 spiro atoms. The van der Waals surface area contributed by atoms with Crippen LogP contribution >= 0.6 is 11.3 Å². The maximum atomic E-state index is 5.53. The first-order valence-corrected chi connectivity index (χ1v) is 9.89. The van der Waals surface area contributed by atoms with E-state index in [4.69, 9.17) is 19.7 Å². The van der Waals surface area contributed by atoms with Crippen molar-refractivity contribution in [1.82, 2.24) is 15.0 Å². The molecular weight excluding hydrogens is 346 g/mol. The second-order valence-electron chi connectivity index (χ2n) is 6.34. The summed E-state index contributed by atoms with van der Waals surface area (Å²) in [6.07, 6.45) is 1.04. The molecule has 0 bridgehead atoms. The quantitative estimate of drug-likeness (QED) is 0.739. The van der Waals surface area contributed by atoms with Crippen molar-refractivity contribution in [1.29, 1.82) is 0 Å². The lowest BCUT2D eigenvalue weighted by Crippen LogP contribution is -2.37. The van der Waals surface area contributed by atoms with Crippen molar-refractivity contribution in [3.8, 4) is 10.6 Å². The molecule has 0 radical (unpaired) electrons. The number of thiazole rings is 1. The van der Waals surface area contributed by atoms with E-state index in [1.54, 1.807) is 11.3 Å². The van der Waals surface area contributed by atoms with Crippen molar-refractivity contribution in [2.45, 2.75) is 20.3 Å². The van der Waals surface area contributed by atoms with Gasteiger partial charge in [-0.15, -0.1) is 11.3 Å². The minimum atomic E-state index is 0.690. The first kappa shape index (κ1) is 17.2. The van der Waals surface area contributed by atoms with E-state index in [1.165, 1.54) is 4.70 Å². The molecule has 6 nitrogen and oxygen atoms in total. The number of nitrogens with one attached hydrogen (secondary N) is 1. The van der Waals surface area contributed by atoms with Crippen molar-refractivity contribution in [2.75, 3.05) is 43.1 Å². The van der Waals surface area contributed by atoms with Gasteiger partial charge < -0.3 is 15.0 Å². The molecular formula is C19H23N5OS. The van der Waals surface area contributed by atoms with Crippen LogP contribution in [0.15, 0.2) is 24.3 Å². The molecule has 2 aromatic heterocycles. The average molecular weight is 369 g/mol. The molecule has 3 heterocycles. The van der Waals surface area contributed by atoms with Crippen molar-refractivity contribution in [3.63, 3.8) is 0 Å². The average Bonchev–Trinajstić information content (AvgIpc) is 3.10. The van der Waals surface area contributed by atoms with Gasteiger partial charge in [-0.2, -0.15) is 4.98 Å². The fraction of sp³-hybridized carbons (Fsp3) is 0.421. The molecule has 1 aromatic carbocycles. The van der Waals surface area contributed by atoms with Gasteiger partial charge in [-0.1, -0.05) is 19.1 Å². The third-order valence-corrected chi connectivity index (χ3v) is 5.48. The van der Waals surface area contributed by atoms with Gasteiger partial charge in [0.25, 0.3) is 0 Å². The molecule has 1 saturated heterocycles. The fourth-order valence-electron chi connectivity index (χ4n) is 3.11. The molecule has 0 saturated carbocycles. The van der Waals surface area contributed by atoms with Gasteiger partial charge in [0, 0.05) is 19.6 Å². The number of aromatic nitrogens is 3. The number of fused-ring (bicyclic) bond motifs is 1. The molecule has 0 amide bonds. The number of ether oxygens (including phenoxy) is 1. The summed E-state index contributed by atoms with van der Waals surface area (Å²) < 4.78 is 6.71. The zero-order valence-electron chi connectivity index (χ0n) is 15.2. The lowest BCUT2D eigenvalue weighted by molar-refractivity contribution is 0.122. The second kappa shape index (κ2) is 7.55. The Labute approximate surface area is 157 Å². The fourth-order valence-corrected chi connectivity index (χ4v) is 4.17. The van der Waals surface area contributed by atoms with Gasteiger partial charge in [0.15, 0.2) is 0 Å². The number of aryl methyl sites for hydroxylation is 1. The number of morpholine rings is 1. The molecule has 1 N–H and O–H groups in total. The van der Waals surface area contributed by atoms with Crippen molar-refractivity contribution in [3.05, 3.63) is 30.0 Å². The van der Waals surface area contributed by atoms with Crippen LogP contribution in [0.4, 0.5) is 11.8 Å². The molecule has 136 valence electrons. The minimum absolute atomic E-state index is 0.690. The van der Waals surface area contributed by atoms with Crippen LogP contribution in [0.2, 0.25) is 0 Å². The number of hydrogen-bond donors (Lipinski definition) is 1. The van der Waals surface area contributed by atoms with Crippen LogP contribution < -0.4 is 10.2 Å². The highest BCUT2D eigenvalue weighted by Crippen LogP contribution is 2.37. The highest BCUT2D eigenvalue weighted by atomic mass is 32.1. The van der Waals surface area contributed by atoms with E-state index in [0.29, 0.717) is 5.95 Å². The summed E-state index contributed by atoms with van der Waals surface area (Å²) in [5, 5.41) is 4.30. The third kappa shape index (κ3) is 3.37. The monoisotopic (exact) mass is 369 g/mol. The first-order chi connectivity index (χ1) is 12.8. The zero-order chi connectivity index (χ0) is 17.9. The zero-order valence-corrected chi connectivity index (χ0v) is 16.0. The molecule has 7 heteroatoms. The van der Waals surface area contributed by atoms with Gasteiger partial charge in [-0.05, 0) is 25.5 Å². The Bertz CT molecular complexity index is 871. The first-order valence-electron chi connectivity index (χ1n) is 9.07.